The number of ether oxygens (including phenoxy) is 2. The SMILES string of the molecule is CCOc1cc(C[NH+]2CCN(S(C)(=O)=O)CC2)ccc1OC. The van der Waals surface area contributed by atoms with E-state index in [1.807, 2.05) is 25.1 Å². The Morgan fingerprint density at radius 1 is 1.23 bits per heavy atom. The molecule has 0 radical (unpaired) electrons. The maximum atomic E-state index is 11.5. The fourth-order valence-corrected chi connectivity index (χ4v) is 3.54. The number of methoxy groups -OCH3 is 1. The van der Waals surface area contributed by atoms with Gasteiger partial charge < -0.3 is 14.4 Å². The van der Waals surface area contributed by atoms with E-state index in [1.165, 1.54) is 16.7 Å². The van der Waals surface area contributed by atoms with Gasteiger partial charge in [-0.3, -0.25) is 0 Å². The summed E-state index contributed by atoms with van der Waals surface area (Å²) in [5.41, 5.74) is 1.17. The minimum atomic E-state index is -3.06. The van der Waals surface area contributed by atoms with Crippen LogP contribution in [0.4, 0.5) is 0 Å². The largest absolute Gasteiger partial charge is 0.493 e. The highest BCUT2D eigenvalue weighted by molar-refractivity contribution is 7.88. The van der Waals surface area contributed by atoms with Crippen LogP contribution in [0.25, 0.3) is 0 Å². The Bertz CT molecular complexity index is 596. The quantitative estimate of drug-likeness (QED) is 0.782. The number of piperazine rings is 1. The molecule has 1 aromatic carbocycles. The van der Waals surface area contributed by atoms with Crippen LogP contribution in [0.2, 0.25) is 0 Å². The van der Waals surface area contributed by atoms with Crippen LogP contribution in [0.1, 0.15) is 12.5 Å². The molecule has 1 aliphatic heterocycles. The van der Waals surface area contributed by atoms with Crippen LogP contribution in [0, 0.1) is 0 Å². The van der Waals surface area contributed by atoms with E-state index in [-0.39, 0.29) is 0 Å². The lowest BCUT2D eigenvalue weighted by Gasteiger charge is -2.30. The molecule has 124 valence electrons. The summed E-state index contributed by atoms with van der Waals surface area (Å²) < 4.78 is 35.5. The second-order valence-corrected chi connectivity index (χ2v) is 7.49. The molecule has 1 aromatic rings. The summed E-state index contributed by atoms with van der Waals surface area (Å²) in [5, 5.41) is 0. The van der Waals surface area contributed by atoms with E-state index in [1.54, 1.807) is 11.4 Å². The maximum absolute atomic E-state index is 11.5. The summed E-state index contributed by atoms with van der Waals surface area (Å²) in [6.45, 7) is 6.22. The predicted octanol–water partition coefficient (Wildman–Crippen LogP) is -0.246. The molecule has 22 heavy (non-hydrogen) atoms. The van der Waals surface area contributed by atoms with Crippen LogP contribution < -0.4 is 14.4 Å². The van der Waals surface area contributed by atoms with E-state index in [9.17, 15) is 8.42 Å². The molecule has 0 spiro atoms. The third-order valence-corrected chi connectivity index (χ3v) is 5.18. The molecule has 1 saturated heterocycles. The maximum Gasteiger partial charge on any atom is 0.211 e. The normalized spacial score (nSPS) is 17.4. The summed E-state index contributed by atoms with van der Waals surface area (Å²) in [6.07, 6.45) is 1.27. The van der Waals surface area contributed by atoms with E-state index in [4.69, 9.17) is 9.47 Å². The third-order valence-electron chi connectivity index (χ3n) is 3.88. The van der Waals surface area contributed by atoms with Crippen molar-refractivity contribution in [3.8, 4) is 11.5 Å². The van der Waals surface area contributed by atoms with Crippen molar-refractivity contribution in [1.29, 1.82) is 0 Å². The van der Waals surface area contributed by atoms with Crippen molar-refractivity contribution in [2.24, 2.45) is 0 Å². The molecule has 6 nitrogen and oxygen atoms in total. The molecule has 0 bridgehead atoms. The fourth-order valence-electron chi connectivity index (χ4n) is 2.70. The highest BCUT2D eigenvalue weighted by Gasteiger charge is 2.26. The molecule has 1 N–H and O–H groups in total. The Labute approximate surface area is 132 Å². The average molecular weight is 329 g/mol. The first-order valence-corrected chi connectivity index (χ1v) is 9.37. The molecular formula is C15H25N2O4S+. The van der Waals surface area contributed by atoms with Crippen molar-refractivity contribution >= 4 is 10.0 Å². The van der Waals surface area contributed by atoms with Crippen LogP contribution in [-0.2, 0) is 16.6 Å². The number of rotatable bonds is 6. The first-order chi connectivity index (χ1) is 10.4. The highest BCUT2D eigenvalue weighted by Crippen LogP contribution is 2.27. The smallest absolute Gasteiger partial charge is 0.211 e. The summed E-state index contributed by atoms with van der Waals surface area (Å²) in [6, 6.07) is 5.97. The number of hydrogen-bond acceptors (Lipinski definition) is 4. The zero-order valence-electron chi connectivity index (χ0n) is 13.5. The van der Waals surface area contributed by atoms with Gasteiger partial charge in [-0.15, -0.1) is 0 Å². The summed E-state index contributed by atoms with van der Waals surface area (Å²) in [5.74, 6) is 1.50. The zero-order valence-corrected chi connectivity index (χ0v) is 14.3. The molecule has 0 aromatic heterocycles. The van der Waals surface area contributed by atoms with Gasteiger partial charge in [0, 0.05) is 5.56 Å². The molecule has 0 amide bonds. The Morgan fingerprint density at radius 3 is 2.45 bits per heavy atom. The Morgan fingerprint density at radius 2 is 1.91 bits per heavy atom. The molecule has 1 heterocycles. The van der Waals surface area contributed by atoms with E-state index in [2.05, 4.69) is 0 Å². The molecule has 1 aliphatic rings. The molecule has 2 rings (SSSR count). The number of sulfonamides is 1. The standard InChI is InChI=1S/C15H24N2O4S/c1-4-21-15-11-13(5-6-14(15)20-2)12-16-7-9-17(10-8-16)22(3,18)19/h5-6,11H,4,7-10,12H2,1-3H3/p+1. The highest BCUT2D eigenvalue weighted by atomic mass is 32.2. The van der Waals surface area contributed by atoms with Gasteiger partial charge in [0.2, 0.25) is 10.0 Å². The number of nitrogens with zero attached hydrogens (tertiary/aromatic N) is 1. The van der Waals surface area contributed by atoms with Gasteiger partial charge in [-0.25, -0.2) is 8.42 Å². The van der Waals surface area contributed by atoms with Crippen LogP contribution in [-0.4, -0.2) is 58.9 Å². The minimum Gasteiger partial charge on any atom is -0.493 e. The second-order valence-electron chi connectivity index (χ2n) is 5.51. The third kappa shape index (κ3) is 4.34. The second kappa shape index (κ2) is 7.30. The lowest BCUT2D eigenvalue weighted by Crippen LogP contribution is -3.13. The summed E-state index contributed by atoms with van der Waals surface area (Å²) >= 11 is 0. The molecule has 0 unspecified atom stereocenters. The van der Waals surface area contributed by atoms with Crippen molar-refractivity contribution in [1.82, 2.24) is 4.31 Å². The van der Waals surface area contributed by atoms with Crippen LogP contribution in [0.3, 0.4) is 0 Å². The first kappa shape index (κ1) is 17.1. The summed E-state index contributed by atoms with van der Waals surface area (Å²) in [4.78, 5) is 1.38. The van der Waals surface area contributed by atoms with E-state index >= 15 is 0 Å². The zero-order chi connectivity index (χ0) is 16.2. The number of benzene rings is 1. The van der Waals surface area contributed by atoms with Gasteiger partial charge in [0.15, 0.2) is 11.5 Å². The van der Waals surface area contributed by atoms with Gasteiger partial charge in [0.05, 0.1) is 46.2 Å². The van der Waals surface area contributed by atoms with Crippen molar-refractivity contribution in [3.63, 3.8) is 0 Å². The topological polar surface area (TPSA) is 60.3 Å². The van der Waals surface area contributed by atoms with Crippen molar-refractivity contribution in [3.05, 3.63) is 23.8 Å². The molecule has 0 atom stereocenters. The Balaban J connectivity index is 1.99. The van der Waals surface area contributed by atoms with Crippen molar-refractivity contribution < 1.29 is 22.8 Å². The number of quaternary nitrogens is 1. The first-order valence-electron chi connectivity index (χ1n) is 7.52. The Hall–Kier alpha value is -1.31. The molecule has 7 heteroatoms. The number of nitrogens with one attached hydrogen (secondary N) is 1. The van der Waals surface area contributed by atoms with E-state index in [0.717, 1.165) is 31.1 Å². The summed E-state index contributed by atoms with van der Waals surface area (Å²) in [7, 11) is -1.43. The lowest BCUT2D eigenvalue weighted by molar-refractivity contribution is -0.917. The predicted molar refractivity (Wildman–Crippen MR) is 85.0 cm³/mol. The lowest BCUT2D eigenvalue weighted by atomic mass is 10.1. The number of hydrogen-bond donors (Lipinski definition) is 1. The van der Waals surface area contributed by atoms with Crippen LogP contribution in [0.5, 0.6) is 11.5 Å². The van der Waals surface area contributed by atoms with Gasteiger partial charge >= 0.3 is 0 Å². The van der Waals surface area contributed by atoms with Crippen molar-refractivity contribution in [2.45, 2.75) is 13.5 Å². The van der Waals surface area contributed by atoms with E-state index < -0.39 is 10.0 Å². The van der Waals surface area contributed by atoms with Gasteiger partial charge in [-0.2, -0.15) is 4.31 Å². The molecular weight excluding hydrogens is 304 g/mol. The van der Waals surface area contributed by atoms with Gasteiger partial charge in [0.25, 0.3) is 0 Å². The van der Waals surface area contributed by atoms with Gasteiger partial charge in [0.1, 0.15) is 6.54 Å². The molecule has 1 fully saturated rings. The van der Waals surface area contributed by atoms with Crippen molar-refractivity contribution in [2.75, 3.05) is 46.2 Å². The van der Waals surface area contributed by atoms with Crippen LogP contribution >= 0.6 is 0 Å². The van der Waals surface area contributed by atoms with Gasteiger partial charge in [-0.1, -0.05) is 0 Å². The fraction of sp³-hybridized carbons (Fsp3) is 0.600. The molecule has 0 saturated carbocycles. The minimum absolute atomic E-state index is 0.586. The molecule has 0 aliphatic carbocycles. The van der Waals surface area contributed by atoms with Crippen LogP contribution in [0.15, 0.2) is 18.2 Å². The average Bonchev–Trinajstić information content (AvgIpc) is 2.47. The van der Waals surface area contributed by atoms with Gasteiger partial charge in [-0.05, 0) is 25.1 Å². The monoisotopic (exact) mass is 329 g/mol. The van der Waals surface area contributed by atoms with E-state index in [0.29, 0.717) is 19.7 Å². The Kier molecular flexibility index (Phi) is 5.66.